The Labute approximate surface area is 138 Å². The van der Waals surface area contributed by atoms with Gasteiger partial charge in [0.1, 0.15) is 5.82 Å². The summed E-state index contributed by atoms with van der Waals surface area (Å²) in [6.45, 7) is 0. The number of carbonyl (C=O) groups excluding carboxylic acids is 1. The highest BCUT2D eigenvalue weighted by Gasteiger charge is 2.40. The highest BCUT2D eigenvalue weighted by atomic mass is 35.5. The van der Waals surface area contributed by atoms with Gasteiger partial charge in [0.15, 0.2) is 0 Å². The lowest BCUT2D eigenvalue weighted by atomic mass is 9.71. The van der Waals surface area contributed by atoms with Crippen molar-refractivity contribution in [2.45, 2.75) is 24.8 Å². The maximum Gasteiger partial charge on any atom is 0.252 e. The summed E-state index contributed by atoms with van der Waals surface area (Å²) in [5.74, 6) is -0.489. The van der Waals surface area contributed by atoms with Crippen LogP contribution in [0.3, 0.4) is 0 Å². The Bertz CT molecular complexity index is 711. The zero-order chi connectivity index (χ0) is 15.7. The Morgan fingerprint density at radius 3 is 2.27 bits per heavy atom. The van der Waals surface area contributed by atoms with Gasteiger partial charge in [0.05, 0.1) is 15.6 Å². The minimum atomic E-state index is -0.420. The molecule has 0 heterocycles. The Hall–Kier alpha value is -1.58. The zero-order valence-electron chi connectivity index (χ0n) is 11.7. The van der Waals surface area contributed by atoms with Gasteiger partial charge in [-0.05, 0) is 55.2 Å². The van der Waals surface area contributed by atoms with E-state index in [2.05, 4.69) is 5.32 Å². The molecule has 1 aliphatic rings. The van der Waals surface area contributed by atoms with Crippen LogP contribution in [-0.2, 0) is 5.54 Å². The van der Waals surface area contributed by atoms with Crippen LogP contribution in [-0.4, -0.2) is 5.91 Å². The second-order valence-corrected chi connectivity index (χ2v) is 6.34. The molecule has 1 amide bonds. The predicted molar refractivity (Wildman–Crippen MR) is 85.9 cm³/mol. The second-order valence-electron chi connectivity index (χ2n) is 5.53. The molecule has 0 bridgehead atoms. The fraction of sp³-hybridized carbons (Fsp3) is 0.235. The van der Waals surface area contributed by atoms with Crippen LogP contribution < -0.4 is 5.32 Å². The monoisotopic (exact) mass is 337 g/mol. The Kier molecular flexibility index (Phi) is 4.11. The minimum absolute atomic E-state index is 0.206. The normalized spacial score (nSPS) is 16.0. The van der Waals surface area contributed by atoms with E-state index in [0.717, 1.165) is 24.8 Å². The average molecular weight is 338 g/mol. The molecule has 2 nitrogen and oxygen atoms in total. The van der Waals surface area contributed by atoms with Crippen LogP contribution in [0.2, 0.25) is 10.0 Å². The van der Waals surface area contributed by atoms with Gasteiger partial charge in [0.25, 0.3) is 5.91 Å². The summed E-state index contributed by atoms with van der Waals surface area (Å²) in [6, 6.07) is 11.1. The van der Waals surface area contributed by atoms with Crippen LogP contribution in [0.5, 0.6) is 0 Å². The lowest BCUT2D eigenvalue weighted by molar-refractivity contribution is 0.0823. The summed E-state index contributed by atoms with van der Waals surface area (Å²) >= 11 is 11.8. The first-order valence-corrected chi connectivity index (χ1v) is 7.79. The third-order valence-electron chi connectivity index (χ3n) is 4.14. The fourth-order valence-electron chi connectivity index (χ4n) is 2.71. The molecule has 3 rings (SSSR count). The topological polar surface area (TPSA) is 29.1 Å². The molecule has 1 N–H and O–H groups in total. The van der Waals surface area contributed by atoms with E-state index in [1.807, 2.05) is 0 Å². The van der Waals surface area contributed by atoms with Gasteiger partial charge in [-0.3, -0.25) is 4.79 Å². The van der Waals surface area contributed by atoms with Gasteiger partial charge in [-0.25, -0.2) is 4.39 Å². The summed E-state index contributed by atoms with van der Waals surface area (Å²) in [4.78, 5) is 12.5. The largest absolute Gasteiger partial charge is 0.343 e. The van der Waals surface area contributed by atoms with Gasteiger partial charge in [-0.2, -0.15) is 0 Å². The minimum Gasteiger partial charge on any atom is -0.343 e. The molecule has 0 atom stereocenters. The van der Waals surface area contributed by atoms with Gasteiger partial charge in [0, 0.05) is 5.56 Å². The molecule has 0 unspecified atom stereocenters. The molecule has 0 radical (unpaired) electrons. The molecule has 22 heavy (non-hydrogen) atoms. The molecule has 0 aromatic heterocycles. The molecule has 1 saturated carbocycles. The number of rotatable bonds is 3. The number of halogens is 3. The first-order valence-electron chi connectivity index (χ1n) is 7.04. The first kappa shape index (κ1) is 15.3. The van der Waals surface area contributed by atoms with Crippen molar-refractivity contribution in [3.8, 4) is 0 Å². The van der Waals surface area contributed by atoms with E-state index in [1.54, 1.807) is 30.3 Å². The lowest BCUT2D eigenvalue weighted by Crippen LogP contribution is -2.50. The summed E-state index contributed by atoms with van der Waals surface area (Å²) in [5.41, 5.74) is 0.966. The summed E-state index contributed by atoms with van der Waals surface area (Å²) in [7, 11) is 0. The molecule has 1 fully saturated rings. The number of benzene rings is 2. The summed E-state index contributed by atoms with van der Waals surface area (Å²) in [5, 5.41) is 3.82. The van der Waals surface area contributed by atoms with Crippen molar-refractivity contribution in [1.82, 2.24) is 5.32 Å². The van der Waals surface area contributed by atoms with Crippen molar-refractivity contribution in [3.05, 3.63) is 69.5 Å². The van der Waals surface area contributed by atoms with Gasteiger partial charge in [-0.15, -0.1) is 0 Å². The smallest absolute Gasteiger partial charge is 0.252 e. The number of nitrogens with one attached hydrogen (secondary N) is 1. The van der Waals surface area contributed by atoms with E-state index >= 15 is 0 Å². The predicted octanol–water partition coefficient (Wildman–Crippen LogP) is 4.94. The quantitative estimate of drug-likeness (QED) is 0.844. The van der Waals surface area contributed by atoms with Crippen molar-refractivity contribution < 1.29 is 9.18 Å². The van der Waals surface area contributed by atoms with Crippen molar-refractivity contribution >= 4 is 29.1 Å². The van der Waals surface area contributed by atoms with Crippen LogP contribution in [0.15, 0.2) is 42.5 Å². The van der Waals surface area contributed by atoms with Crippen molar-refractivity contribution in [2.75, 3.05) is 0 Å². The van der Waals surface area contributed by atoms with Crippen molar-refractivity contribution in [2.24, 2.45) is 0 Å². The maximum absolute atomic E-state index is 13.1. The first-order chi connectivity index (χ1) is 10.5. The second kappa shape index (κ2) is 5.90. The van der Waals surface area contributed by atoms with Crippen molar-refractivity contribution in [1.29, 1.82) is 0 Å². The van der Waals surface area contributed by atoms with E-state index in [0.29, 0.717) is 15.6 Å². The van der Waals surface area contributed by atoms with Gasteiger partial charge in [0.2, 0.25) is 0 Å². The SMILES string of the molecule is O=C(NC1(c2ccc(F)cc2)CCC1)c1ccc(Cl)c(Cl)c1. The van der Waals surface area contributed by atoms with Crippen LogP contribution >= 0.6 is 23.2 Å². The van der Waals surface area contributed by atoms with E-state index in [1.165, 1.54) is 12.1 Å². The average Bonchev–Trinajstić information content (AvgIpc) is 2.46. The Morgan fingerprint density at radius 2 is 1.73 bits per heavy atom. The van der Waals surface area contributed by atoms with Crippen LogP contribution in [0.1, 0.15) is 35.2 Å². The highest BCUT2D eigenvalue weighted by molar-refractivity contribution is 6.42. The molecule has 5 heteroatoms. The summed E-state index contributed by atoms with van der Waals surface area (Å²) < 4.78 is 13.1. The Balaban J connectivity index is 1.84. The molecule has 0 saturated heterocycles. The molecule has 1 aliphatic carbocycles. The third kappa shape index (κ3) is 2.83. The van der Waals surface area contributed by atoms with Gasteiger partial charge in [-0.1, -0.05) is 35.3 Å². The lowest BCUT2D eigenvalue weighted by Gasteiger charge is -2.43. The van der Waals surface area contributed by atoms with Gasteiger partial charge >= 0.3 is 0 Å². The van der Waals surface area contributed by atoms with E-state index in [-0.39, 0.29) is 11.7 Å². The molecule has 0 aliphatic heterocycles. The van der Waals surface area contributed by atoms with Crippen LogP contribution in [0.25, 0.3) is 0 Å². The molecule has 0 spiro atoms. The van der Waals surface area contributed by atoms with Crippen LogP contribution in [0, 0.1) is 5.82 Å². The molecular formula is C17H14Cl2FNO. The van der Waals surface area contributed by atoms with E-state index in [4.69, 9.17) is 23.2 Å². The maximum atomic E-state index is 13.1. The van der Waals surface area contributed by atoms with E-state index < -0.39 is 5.54 Å². The van der Waals surface area contributed by atoms with Crippen LogP contribution in [0.4, 0.5) is 4.39 Å². The molecule has 2 aromatic carbocycles. The molecule has 2 aromatic rings. The third-order valence-corrected chi connectivity index (χ3v) is 4.88. The van der Waals surface area contributed by atoms with E-state index in [9.17, 15) is 9.18 Å². The zero-order valence-corrected chi connectivity index (χ0v) is 13.2. The van der Waals surface area contributed by atoms with Crippen molar-refractivity contribution in [3.63, 3.8) is 0 Å². The summed E-state index contributed by atoms with van der Waals surface area (Å²) in [6.07, 6.45) is 2.70. The number of hydrogen-bond donors (Lipinski definition) is 1. The molecule has 114 valence electrons. The standard InChI is InChI=1S/C17H14Cl2FNO/c18-14-7-2-11(10-15(14)19)16(22)21-17(8-1-9-17)12-3-5-13(20)6-4-12/h2-7,10H,1,8-9H2,(H,21,22). The highest BCUT2D eigenvalue weighted by Crippen LogP contribution is 2.41. The number of hydrogen-bond acceptors (Lipinski definition) is 1. The number of carbonyl (C=O) groups is 1. The number of amides is 1. The van der Waals surface area contributed by atoms with Gasteiger partial charge < -0.3 is 5.32 Å². The fourth-order valence-corrected chi connectivity index (χ4v) is 3.01. The molecular weight excluding hydrogens is 324 g/mol. The Morgan fingerprint density at radius 1 is 1.05 bits per heavy atom.